The van der Waals surface area contributed by atoms with Gasteiger partial charge in [0.15, 0.2) is 0 Å². The third kappa shape index (κ3) is 4.61. The van der Waals surface area contributed by atoms with Crippen molar-refractivity contribution in [3.63, 3.8) is 0 Å². The monoisotopic (exact) mass is 333 g/mol. The number of hydrogen-bond donors (Lipinski definition) is 1. The molecule has 0 aliphatic carbocycles. The standard InChI is InChI=1S/C23H27NO/c1-3-25-23-16-15-20-11-7-8-12-21(20)22(23)17-24-18(2)13-14-19-9-5-4-6-10-19/h4-12,15-16,18,24H,3,13-14,17H2,1-2H3/t18-/m0/s1. The molecule has 130 valence electrons. The summed E-state index contributed by atoms with van der Waals surface area (Å²) in [5.74, 6) is 0.990. The lowest BCUT2D eigenvalue weighted by Crippen LogP contribution is -2.26. The molecule has 0 unspecified atom stereocenters. The molecular formula is C23H27NO. The van der Waals surface area contributed by atoms with Crippen LogP contribution in [0.15, 0.2) is 66.7 Å². The van der Waals surface area contributed by atoms with Crippen LogP contribution in [0.2, 0.25) is 0 Å². The van der Waals surface area contributed by atoms with Gasteiger partial charge in [-0.1, -0.05) is 60.7 Å². The Bertz CT molecular complexity index is 798. The minimum Gasteiger partial charge on any atom is -0.494 e. The summed E-state index contributed by atoms with van der Waals surface area (Å²) in [6, 6.07) is 23.9. The van der Waals surface area contributed by atoms with E-state index in [-0.39, 0.29) is 0 Å². The van der Waals surface area contributed by atoms with Crippen LogP contribution in [0.4, 0.5) is 0 Å². The number of fused-ring (bicyclic) bond motifs is 1. The van der Waals surface area contributed by atoms with Gasteiger partial charge < -0.3 is 10.1 Å². The Kier molecular flexibility index (Phi) is 6.08. The number of nitrogens with one attached hydrogen (secondary N) is 1. The molecule has 0 aromatic heterocycles. The lowest BCUT2D eigenvalue weighted by atomic mass is 10.0. The van der Waals surface area contributed by atoms with Gasteiger partial charge in [0.2, 0.25) is 0 Å². The first kappa shape index (κ1) is 17.5. The van der Waals surface area contributed by atoms with Gasteiger partial charge in [0, 0.05) is 18.2 Å². The molecule has 3 rings (SSSR count). The van der Waals surface area contributed by atoms with Crippen molar-refractivity contribution in [2.45, 2.75) is 39.3 Å². The van der Waals surface area contributed by atoms with Crippen LogP contribution < -0.4 is 10.1 Å². The average molecular weight is 333 g/mol. The topological polar surface area (TPSA) is 21.3 Å². The van der Waals surface area contributed by atoms with Gasteiger partial charge in [-0.3, -0.25) is 0 Å². The first-order chi connectivity index (χ1) is 12.3. The van der Waals surface area contributed by atoms with Gasteiger partial charge in [-0.25, -0.2) is 0 Å². The van der Waals surface area contributed by atoms with E-state index in [4.69, 9.17) is 4.74 Å². The van der Waals surface area contributed by atoms with E-state index in [2.05, 4.69) is 79.0 Å². The molecule has 2 heteroatoms. The first-order valence-electron chi connectivity index (χ1n) is 9.18. The second-order valence-corrected chi connectivity index (χ2v) is 6.50. The van der Waals surface area contributed by atoms with E-state index >= 15 is 0 Å². The lowest BCUT2D eigenvalue weighted by molar-refractivity contribution is 0.335. The number of hydrogen-bond acceptors (Lipinski definition) is 2. The Morgan fingerprint density at radius 1 is 0.920 bits per heavy atom. The smallest absolute Gasteiger partial charge is 0.124 e. The Morgan fingerprint density at radius 2 is 1.68 bits per heavy atom. The maximum atomic E-state index is 5.87. The number of ether oxygens (including phenoxy) is 1. The summed E-state index contributed by atoms with van der Waals surface area (Å²) in [5.41, 5.74) is 2.66. The fraction of sp³-hybridized carbons (Fsp3) is 0.304. The predicted molar refractivity (Wildman–Crippen MR) is 106 cm³/mol. The van der Waals surface area contributed by atoms with Crippen LogP contribution in [-0.4, -0.2) is 12.6 Å². The quantitative estimate of drug-likeness (QED) is 0.600. The van der Waals surface area contributed by atoms with E-state index in [0.29, 0.717) is 12.6 Å². The number of rotatable bonds is 8. The zero-order valence-corrected chi connectivity index (χ0v) is 15.2. The molecule has 1 N–H and O–H groups in total. The maximum Gasteiger partial charge on any atom is 0.124 e. The van der Waals surface area contributed by atoms with Crippen molar-refractivity contribution in [2.75, 3.05) is 6.61 Å². The zero-order chi connectivity index (χ0) is 17.5. The Hall–Kier alpha value is -2.32. The van der Waals surface area contributed by atoms with E-state index in [1.807, 2.05) is 6.92 Å². The maximum absolute atomic E-state index is 5.87. The van der Waals surface area contributed by atoms with Crippen LogP contribution in [0.5, 0.6) is 5.75 Å². The summed E-state index contributed by atoms with van der Waals surface area (Å²) in [4.78, 5) is 0. The molecule has 1 atom stereocenters. The van der Waals surface area contributed by atoms with Crippen molar-refractivity contribution in [1.29, 1.82) is 0 Å². The Labute approximate surface area is 150 Å². The molecule has 0 saturated heterocycles. The molecule has 0 radical (unpaired) electrons. The summed E-state index contributed by atoms with van der Waals surface area (Å²) in [6.07, 6.45) is 2.22. The highest BCUT2D eigenvalue weighted by Crippen LogP contribution is 2.28. The molecule has 0 fully saturated rings. The van der Waals surface area contributed by atoms with E-state index in [1.165, 1.54) is 21.9 Å². The highest BCUT2D eigenvalue weighted by Gasteiger charge is 2.10. The summed E-state index contributed by atoms with van der Waals surface area (Å²) in [7, 11) is 0. The van der Waals surface area contributed by atoms with Gasteiger partial charge in [-0.15, -0.1) is 0 Å². The molecule has 0 aliphatic rings. The normalized spacial score (nSPS) is 12.2. The third-order valence-corrected chi connectivity index (χ3v) is 4.63. The lowest BCUT2D eigenvalue weighted by Gasteiger charge is -2.18. The van der Waals surface area contributed by atoms with Gasteiger partial charge >= 0.3 is 0 Å². The van der Waals surface area contributed by atoms with Crippen LogP contribution in [0.25, 0.3) is 10.8 Å². The molecule has 25 heavy (non-hydrogen) atoms. The summed E-state index contributed by atoms with van der Waals surface area (Å²) in [5, 5.41) is 6.22. The molecular weight excluding hydrogens is 306 g/mol. The van der Waals surface area contributed by atoms with Crippen molar-refractivity contribution in [1.82, 2.24) is 5.32 Å². The van der Waals surface area contributed by atoms with Crippen molar-refractivity contribution in [2.24, 2.45) is 0 Å². The molecule has 0 spiro atoms. The third-order valence-electron chi connectivity index (χ3n) is 4.63. The SMILES string of the molecule is CCOc1ccc2ccccc2c1CN[C@@H](C)CCc1ccccc1. The van der Waals surface area contributed by atoms with E-state index in [0.717, 1.165) is 25.1 Å². The number of aryl methyl sites for hydroxylation is 1. The molecule has 3 aromatic carbocycles. The molecule has 0 heterocycles. The summed E-state index contributed by atoms with van der Waals surface area (Å²) >= 11 is 0. The average Bonchev–Trinajstić information content (AvgIpc) is 2.66. The van der Waals surface area contributed by atoms with Crippen molar-refractivity contribution < 1.29 is 4.74 Å². The molecule has 0 saturated carbocycles. The highest BCUT2D eigenvalue weighted by atomic mass is 16.5. The highest BCUT2D eigenvalue weighted by molar-refractivity contribution is 5.87. The minimum atomic E-state index is 0.452. The van der Waals surface area contributed by atoms with Gasteiger partial charge in [-0.05, 0) is 49.1 Å². The van der Waals surface area contributed by atoms with Gasteiger partial charge in [0.1, 0.15) is 5.75 Å². The predicted octanol–water partition coefficient (Wildman–Crippen LogP) is 5.35. The van der Waals surface area contributed by atoms with Gasteiger partial charge in [0.25, 0.3) is 0 Å². The number of benzene rings is 3. The fourth-order valence-electron chi connectivity index (χ4n) is 3.20. The van der Waals surface area contributed by atoms with Crippen molar-refractivity contribution in [3.8, 4) is 5.75 Å². The zero-order valence-electron chi connectivity index (χ0n) is 15.2. The van der Waals surface area contributed by atoms with Crippen molar-refractivity contribution in [3.05, 3.63) is 77.9 Å². The Morgan fingerprint density at radius 3 is 2.48 bits per heavy atom. The van der Waals surface area contributed by atoms with Crippen molar-refractivity contribution >= 4 is 10.8 Å². The van der Waals surface area contributed by atoms with Crippen LogP contribution in [-0.2, 0) is 13.0 Å². The minimum absolute atomic E-state index is 0.452. The van der Waals surface area contributed by atoms with Gasteiger partial charge in [0.05, 0.1) is 6.61 Å². The second kappa shape index (κ2) is 8.68. The van der Waals surface area contributed by atoms with E-state index in [1.54, 1.807) is 0 Å². The molecule has 3 aromatic rings. The molecule has 2 nitrogen and oxygen atoms in total. The summed E-state index contributed by atoms with van der Waals surface area (Å²) in [6.45, 7) is 5.81. The van der Waals surface area contributed by atoms with Gasteiger partial charge in [-0.2, -0.15) is 0 Å². The fourth-order valence-corrected chi connectivity index (χ4v) is 3.20. The van der Waals surface area contributed by atoms with E-state index in [9.17, 15) is 0 Å². The largest absolute Gasteiger partial charge is 0.494 e. The van der Waals surface area contributed by atoms with Crippen LogP contribution >= 0.6 is 0 Å². The van der Waals surface area contributed by atoms with Crippen LogP contribution in [0, 0.1) is 0 Å². The summed E-state index contributed by atoms with van der Waals surface area (Å²) < 4.78 is 5.87. The first-order valence-corrected chi connectivity index (χ1v) is 9.18. The van der Waals surface area contributed by atoms with Crippen LogP contribution in [0.1, 0.15) is 31.4 Å². The second-order valence-electron chi connectivity index (χ2n) is 6.50. The van der Waals surface area contributed by atoms with Crippen LogP contribution in [0.3, 0.4) is 0 Å². The Balaban J connectivity index is 1.68. The molecule has 0 aliphatic heterocycles. The van der Waals surface area contributed by atoms with E-state index < -0.39 is 0 Å². The molecule has 0 bridgehead atoms. The molecule has 0 amide bonds.